The molecule has 0 saturated heterocycles. The van der Waals surface area contributed by atoms with Crippen molar-refractivity contribution >= 4 is 22.9 Å². The van der Waals surface area contributed by atoms with Crippen LogP contribution in [-0.2, 0) is 12.0 Å². The summed E-state index contributed by atoms with van der Waals surface area (Å²) in [5.74, 6) is 0.0153. The summed E-state index contributed by atoms with van der Waals surface area (Å²) in [7, 11) is 0. The highest BCUT2D eigenvalue weighted by Gasteiger charge is 2.14. The van der Waals surface area contributed by atoms with Crippen LogP contribution in [0.25, 0.3) is 22.9 Å². The van der Waals surface area contributed by atoms with E-state index in [9.17, 15) is 9.90 Å². The standard InChI is InChI=1S/C27H26N2O2/c1-27(2,3)21-15-13-19(14-16-21)18-29-24-12-8-7-11-22(24)28-23(26(29)31)17-25(30)20-9-5-4-6-10-20/h4-17,30H,18H2,1-3H3/b25-17-. The topological polar surface area (TPSA) is 55.1 Å². The Kier molecular flexibility index (Phi) is 5.47. The lowest BCUT2D eigenvalue weighted by molar-refractivity contribution is 0.515. The molecule has 0 fully saturated rings. The van der Waals surface area contributed by atoms with E-state index in [1.54, 1.807) is 16.7 Å². The van der Waals surface area contributed by atoms with Crippen molar-refractivity contribution < 1.29 is 5.11 Å². The van der Waals surface area contributed by atoms with E-state index in [0.717, 1.165) is 11.1 Å². The van der Waals surface area contributed by atoms with Crippen LogP contribution in [0.5, 0.6) is 0 Å². The van der Waals surface area contributed by atoms with Gasteiger partial charge < -0.3 is 9.67 Å². The van der Waals surface area contributed by atoms with Gasteiger partial charge in [-0.25, -0.2) is 4.98 Å². The Morgan fingerprint density at radius 3 is 2.26 bits per heavy atom. The number of aromatic nitrogens is 2. The summed E-state index contributed by atoms with van der Waals surface area (Å²) in [5, 5.41) is 10.5. The maximum Gasteiger partial charge on any atom is 0.277 e. The van der Waals surface area contributed by atoms with Crippen LogP contribution in [0.3, 0.4) is 0 Å². The zero-order valence-corrected chi connectivity index (χ0v) is 18.0. The predicted octanol–water partition coefficient (Wildman–Crippen LogP) is 5.80. The zero-order chi connectivity index (χ0) is 22.0. The first-order chi connectivity index (χ1) is 14.8. The monoisotopic (exact) mass is 410 g/mol. The van der Waals surface area contributed by atoms with Crippen LogP contribution in [0.1, 0.15) is 43.2 Å². The summed E-state index contributed by atoms with van der Waals surface area (Å²) in [6.07, 6.45) is 1.45. The van der Waals surface area contributed by atoms with E-state index in [1.807, 2.05) is 42.5 Å². The zero-order valence-electron chi connectivity index (χ0n) is 18.0. The molecule has 0 spiro atoms. The molecule has 1 N–H and O–H groups in total. The van der Waals surface area contributed by atoms with Crippen molar-refractivity contribution in [2.75, 3.05) is 0 Å². The van der Waals surface area contributed by atoms with Crippen molar-refractivity contribution in [2.24, 2.45) is 0 Å². The van der Waals surface area contributed by atoms with Crippen LogP contribution in [0, 0.1) is 0 Å². The lowest BCUT2D eigenvalue weighted by atomic mass is 9.87. The minimum Gasteiger partial charge on any atom is -0.507 e. The Labute approximate surface area is 182 Å². The first-order valence-corrected chi connectivity index (χ1v) is 10.4. The second-order valence-corrected chi connectivity index (χ2v) is 8.72. The number of benzene rings is 3. The fourth-order valence-corrected chi connectivity index (χ4v) is 3.58. The van der Waals surface area contributed by atoms with Gasteiger partial charge in [0.05, 0.1) is 17.6 Å². The summed E-state index contributed by atoms with van der Waals surface area (Å²) < 4.78 is 1.72. The Morgan fingerprint density at radius 2 is 1.58 bits per heavy atom. The molecule has 4 rings (SSSR count). The van der Waals surface area contributed by atoms with Gasteiger partial charge in [-0.05, 0) is 28.7 Å². The molecular weight excluding hydrogens is 384 g/mol. The van der Waals surface area contributed by atoms with Crippen molar-refractivity contribution in [3.8, 4) is 0 Å². The van der Waals surface area contributed by atoms with Gasteiger partial charge in [0.1, 0.15) is 11.5 Å². The van der Waals surface area contributed by atoms with E-state index in [-0.39, 0.29) is 22.4 Å². The molecule has 4 heteroatoms. The smallest absolute Gasteiger partial charge is 0.277 e. The maximum absolute atomic E-state index is 13.3. The predicted molar refractivity (Wildman–Crippen MR) is 127 cm³/mol. The number of nitrogens with zero attached hydrogens (tertiary/aromatic N) is 2. The average molecular weight is 411 g/mol. The summed E-state index contributed by atoms with van der Waals surface area (Å²) in [6.45, 7) is 6.97. The van der Waals surface area contributed by atoms with Crippen molar-refractivity contribution in [1.29, 1.82) is 0 Å². The van der Waals surface area contributed by atoms with E-state index < -0.39 is 0 Å². The third kappa shape index (κ3) is 4.43. The second kappa shape index (κ2) is 8.23. The van der Waals surface area contributed by atoms with Gasteiger partial charge in [0.15, 0.2) is 0 Å². The lowest BCUT2D eigenvalue weighted by Crippen LogP contribution is -2.25. The highest BCUT2D eigenvalue weighted by atomic mass is 16.3. The first kappa shape index (κ1) is 20.6. The molecule has 3 aromatic carbocycles. The Bertz CT molecular complexity index is 1300. The number of fused-ring (bicyclic) bond motifs is 1. The van der Waals surface area contributed by atoms with Gasteiger partial charge in [-0.3, -0.25) is 4.79 Å². The number of rotatable bonds is 4. The van der Waals surface area contributed by atoms with Crippen molar-refractivity contribution in [3.05, 3.63) is 112 Å². The molecule has 4 aromatic rings. The minimum atomic E-state index is -0.235. The van der Waals surface area contributed by atoms with E-state index in [0.29, 0.717) is 17.6 Å². The molecule has 0 aliphatic rings. The van der Waals surface area contributed by atoms with E-state index in [4.69, 9.17) is 0 Å². The van der Waals surface area contributed by atoms with E-state index in [2.05, 4.69) is 50.0 Å². The number of hydrogen-bond acceptors (Lipinski definition) is 3. The average Bonchev–Trinajstić information content (AvgIpc) is 2.77. The van der Waals surface area contributed by atoms with E-state index >= 15 is 0 Å². The molecule has 1 heterocycles. The fraction of sp³-hybridized carbons (Fsp3) is 0.185. The molecule has 0 bridgehead atoms. The number of hydrogen-bond donors (Lipinski definition) is 1. The minimum absolute atomic E-state index is 0.0153. The van der Waals surface area contributed by atoms with Crippen molar-refractivity contribution in [2.45, 2.75) is 32.7 Å². The molecule has 0 saturated carbocycles. The van der Waals surface area contributed by atoms with Crippen LogP contribution in [0.2, 0.25) is 0 Å². The Morgan fingerprint density at radius 1 is 0.935 bits per heavy atom. The highest BCUT2D eigenvalue weighted by Crippen LogP contribution is 2.23. The summed E-state index contributed by atoms with van der Waals surface area (Å²) in [5.41, 5.74) is 4.46. The number of para-hydroxylation sites is 2. The summed E-state index contributed by atoms with van der Waals surface area (Å²) >= 11 is 0. The van der Waals surface area contributed by atoms with Gasteiger partial charge >= 0.3 is 0 Å². The normalized spacial score (nSPS) is 12.3. The fourth-order valence-electron chi connectivity index (χ4n) is 3.58. The van der Waals surface area contributed by atoms with Crippen LogP contribution in [0.4, 0.5) is 0 Å². The molecule has 4 nitrogen and oxygen atoms in total. The van der Waals surface area contributed by atoms with Crippen molar-refractivity contribution in [3.63, 3.8) is 0 Å². The number of aliphatic hydroxyl groups is 1. The van der Waals surface area contributed by atoms with Gasteiger partial charge in [-0.15, -0.1) is 0 Å². The lowest BCUT2D eigenvalue weighted by Gasteiger charge is -2.19. The van der Waals surface area contributed by atoms with E-state index in [1.165, 1.54) is 11.6 Å². The molecule has 31 heavy (non-hydrogen) atoms. The van der Waals surface area contributed by atoms with Gasteiger partial charge in [0.25, 0.3) is 5.56 Å². The van der Waals surface area contributed by atoms with Gasteiger partial charge in [0, 0.05) is 11.6 Å². The molecule has 1 aromatic heterocycles. The highest BCUT2D eigenvalue weighted by molar-refractivity contribution is 5.79. The Hall–Kier alpha value is -3.66. The van der Waals surface area contributed by atoms with Gasteiger partial charge in [-0.2, -0.15) is 0 Å². The first-order valence-electron chi connectivity index (χ1n) is 10.4. The Balaban J connectivity index is 1.80. The second-order valence-electron chi connectivity index (χ2n) is 8.72. The van der Waals surface area contributed by atoms with Gasteiger partial charge in [0.2, 0.25) is 0 Å². The van der Waals surface area contributed by atoms with Crippen LogP contribution < -0.4 is 5.56 Å². The van der Waals surface area contributed by atoms with Gasteiger partial charge in [-0.1, -0.05) is 87.5 Å². The molecular formula is C27H26N2O2. The van der Waals surface area contributed by atoms with Crippen LogP contribution in [0.15, 0.2) is 83.7 Å². The quantitative estimate of drug-likeness (QED) is 0.433. The maximum atomic E-state index is 13.3. The third-order valence-electron chi connectivity index (χ3n) is 5.38. The third-order valence-corrected chi connectivity index (χ3v) is 5.38. The molecule has 0 aliphatic carbocycles. The molecule has 156 valence electrons. The molecule has 0 unspecified atom stereocenters. The molecule has 0 radical (unpaired) electrons. The summed E-state index contributed by atoms with van der Waals surface area (Å²) in [6, 6.07) is 25.1. The van der Waals surface area contributed by atoms with Crippen LogP contribution >= 0.6 is 0 Å². The molecule has 0 amide bonds. The SMILES string of the molecule is CC(C)(C)c1ccc(Cn2c(=O)c(/C=C(\O)c3ccccc3)nc3ccccc32)cc1. The summed E-state index contributed by atoms with van der Waals surface area (Å²) in [4.78, 5) is 17.8. The molecule has 0 atom stereocenters. The van der Waals surface area contributed by atoms with Crippen molar-refractivity contribution in [1.82, 2.24) is 9.55 Å². The van der Waals surface area contributed by atoms with Crippen LogP contribution in [-0.4, -0.2) is 14.7 Å². The largest absolute Gasteiger partial charge is 0.507 e. The number of aliphatic hydroxyl groups excluding tert-OH is 1. The molecule has 0 aliphatic heterocycles.